The lowest BCUT2D eigenvalue weighted by molar-refractivity contribution is 0.0872. The summed E-state index contributed by atoms with van der Waals surface area (Å²) in [7, 11) is 3.88. The number of amides is 1. The second-order valence-electron chi connectivity index (χ2n) is 5.01. The van der Waals surface area contributed by atoms with E-state index in [0.29, 0.717) is 15.6 Å². The van der Waals surface area contributed by atoms with Gasteiger partial charge in [-0.2, -0.15) is 0 Å². The highest BCUT2D eigenvalue weighted by Crippen LogP contribution is 2.39. The van der Waals surface area contributed by atoms with Crippen molar-refractivity contribution in [2.75, 3.05) is 25.5 Å². The number of anilines is 1. The van der Waals surface area contributed by atoms with E-state index in [1.54, 1.807) is 6.07 Å². The number of rotatable bonds is 4. The van der Waals surface area contributed by atoms with Gasteiger partial charge in [-0.15, -0.1) is 0 Å². The van der Waals surface area contributed by atoms with E-state index in [-0.39, 0.29) is 5.91 Å². The van der Waals surface area contributed by atoms with Gasteiger partial charge >= 0.3 is 0 Å². The zero-order valence-corrected chi connectivity index (χ0v) is 13.4. The van der Waals surface area contributed by atoms with E-state index >= 15 is 0 Å². The molecule has 0 aromatic heterocycles. The summed E-state index contributed by atoms with van der Waals surface area (Å²) in [5.41, 5.74) is 0.876. The first-order chi connectivity index (χ1) is 9.46. The van der Waals surface area contributed by atoms with Gasteiger partial charge in [0, 0.05) is 13.5 Å². The first-order valence-electron chi connectivity index (χ1n) is 6.65. The molecule has 1 atom stereocenters. The second kappa shape index (κ2) is 5.80. The van der Waals surface area contributed by atoms with Crippen LogP contribution in [0.2, 0.25) is 10.0 Å². The molecule has 0 unspecified atom stereocenters. The van der Waals surface area contributed by atoms with E-state index in [9.17, 15) is 4.79 Å². The monoisotopic (exact) mass is 315 g/mol. The fourth-order valence-corrected chi connectivity index (χ4v) is 3.09. The van der Waals surface area contributed by atoms with Crippen molar-refractivity contribution in [3.8, 4) is 0 Å². The number of carbonyl (C=O) groups is 1. The first-order valence-corrected chi connectivity index (χ1v) is 7.41. The van der Waals surface area contributed by atoms with E-state index in [2.05, 4.69) is 22.5 Å². The summed E-state index contributed by atoms with van der Waals surface area (Å²) in [6.07, 6.45) is 1.61. The van der Waals surface area contributed by atoms with Crippen LogP contribution in [0.15, 0.2) is 12.1 Å². The summed E-state index contributed by atoms with van der Waals surface area (Å²) in [5.74, 6) is -0.163. The van der Waals surface area contributed by atoms with Crippen molar-refractivity contribution < 1.29 is 4.79 Å². The minimum Gasteiger partial charge on any atom is -0.351 e. The molecule has 1 aromatic carbocycles. The van der Waals surface area contributed by atoms with Gasteiger partial charge in [0.2, 0.25) is 0 Å². The molecule has 1 aliphatic rings. The van der Waals surface area contributed by atoms with Crippen molar-refractivity contribution >= 4 is 34.8 Å². The molecule has 0 aliphatic carbocycles. The van der Waals surface area contributed by atoms with Crippen LogP contribution in [-0.4, -0.2) is 32.2 Å². The van der Waals surface area contributed by atoms with Gasteiger partial charge in [0.1, 0.15) is 5.66 Å². The van der Waals surface area contributed by atoms with Gasteiger partial charge in [-0.1, -0.05) is 30.1 Å². The Hall–Kier alpha value is -0.970. The molecule has 1 aromatic rings. The largest absolute Gasteiger partial charge is 0.351 e. The molecule has 0 radical (unpaired) electrons. The Morgan fingerprint density at radius 2 is 2.10 bits per heavy atom. The molecule has 0 spiro atoms. The first kappa shape index (κ1) is 15.4. The summed E-state index contributed by atoms with van der Waals surface area (Å²) in [5, 5.41) is 6.93. The summed E-state index contributed by atoms with van der Waals surface area (Å²) >= 11 is 12.2. The Balaban J connectivity index is 2.50. The number of benzene rings is 1. The smallest absolute Gasteiger partial charge is 0.256 e. The fourth-order valence-electron chi connectivity index (χ4n) is 2.69. The lowest BCUT2D eigenvalue weighted by Gasteiger charge is -2.47. The Morgan fingerprint density at radius 3 is 2.70 bits per heavy atom. The molecular formula is C14H19Cl2N3O. The van der Waals surface area contributed by atoms with Crippen LogP contribution in [0.1, 0.15) is 30.1 Å². The Kier molecular flexibility index (Phi) is 4.47. The van der Waals surface area contributed by atoms with E-state index in [1.807, 2.05) is 20.2 Å². The third-order valence-corrected chi connectivity index (χ3v) is 4.83. The summed E-state index contributed by atoms with van der Waals surface area (Å²) in [4.78, 5) is 14.5. The average molecular weight is 316 g/mol. The number of hydrogen-bond acceptors (Lipinski definition) is 3. The Morgan fingerprint density at radius 1 is 1.40 bits per heavy atom. The van der Waals surface area contributed by atoms with Crippen molar-refractivity contribution in [2.45, 2.75) is 25.4 Å². The van der Waals surface area contributed by atoms with Crippen LogP contribution < -0.4 is 15.5 Å². The molecule has 2 N–H and O–H groups in total. The van der Waals surface area contributed by atoms with E-state index < -0.39 is 5.66 Å². The van der Waals surface area contributed by atoms with Crippen LogP contribution in [0.4, 0.5) is 5.69 Å². The maximum Gasteiger partial charge on any atom is 0.256 e. The van der Waals surface area contributed by atoms with Gasteiger partial charge in [0.15, 0.2) is 0 Å². The Labute approximate surface area is 129 Å². The third kappa shape index (κ3) is 2.36. The lowest BCUT2D eigenvalue weighted by Crippen LogP contribution is -2.63. The van der Waals surface area contributed by atoms with Gasteiger partial charge in [-0.05, 0) is 32.1 Å². The zero-order chi connectivity index (χ0) is 14.9. The van der Waals surface area contributed by atoms with Crippen LogP contribution in [0.3, 0.4) is 0 Å². The van der Waals surface area contributed by atoms with Gasteiger partial charge in [0.05, 0.1) is 21.3 Å². The molecule has 0 fully saturated rings. The Bertz CT molecular complexity index is 535. The molecule has 4 nitrogen and oxygen atoms in total. The maximum absolute atomic E-state index is 12.4. The second-order valence-corrected chi connectivity index (χ2v) is 5.79. The highest BCUT2D eigenvalue weighted by atomic mass is 35.5. The number of nitrogens with one attached hydrogen (secondary N) is 2. The molecule has 0 saturated carbocycles. The minimum atomic E-state index is -0.399. The van der Waals surface area contributed by atoms with Crippen LogP contribution in [0.5, 0.6) is 0 Å². The quantitative estimate of drug-likeness (QED) is 0.898. The lowest BCUT2D eigenvalue weighted by atomic mass is 9.94. The van der Waals surface area contributed by atoms with Crippen LogP contribution >= 0.6 is 23.2 Å². The van der Waals surface area contributed by atoms with Crippen LogP contribution in [0, 0.1) is 0 Å². The van der Waals surface area contributed by atoms with E-state index in [0.717, 1.165) is 25.1 Å². The number of hydrogen-bond donors (Lipinski definition) is 2. The summed E-state index contributed by atoms with van der Waals surface area (Å²) < 4.78 is 0. The zero-order valence-electron chi connectivity index (χ0n) is 11.9. The van der Waals surface area contributed by atoms with Crippen molar-refractivity contribution in [3.05, 3.63) is 27.7 Å². The molecule has 1 aliphatic heterocycles. The predicted octanol–water partition coefficient (Wildman–Crippen LogP) is 2.89. The van der Waals surface area contributed by atoms with E-state index in [1.165, 1.54) is 0 Å². The van der Waals surface area contributed by atoms with Gasteiger partial charge < -0.3 is 15.5 Å². The summed E-state index contributed by atoms with van der Waals surface area (Å²) in [6.45, 7) is 2.88. The predicted molar refractivity (Wildman–Crippen MR) is 83.9 cm³/mol. The van der Waals surface area contributed by atoms with Crippen molar-refractivity contribution in [3.63, 3.8) is 0 Å². The molecule has 20 heavy (non-hydrogen) atoms. The van der Waals surface area contributed by atoms with Crippen molar-refractivity contribution in [1.82, 2.24) is 10.6 Å². The normalized spacial score (nSPS) is 21.6. The SMILES string of the molecule is CC[C@@]1(CCNC)NC(=O)c2c(ccc(Cl)c2Cl)N1C. The number of fused-ring (bicyclic) bond motifs is 1. The molecule has 0 saturated heterocycles. The highest BCUT2D eigenvalue weighted by molar-refractivity contribution is 6.44. The van der Waals surface area contributed by atoms with Gasteiger partial charge in [0.25, 0.3) is 5.91 Å². The van der Waals surface area contributed by atoms with Crippen molar-refractivity contribution in [1.29, 1.82) is 0 Å². The van der Waals surface area contributed by atoms with E-state index in [4.69, 9.17) is 23.2 Å². The summed E-state index contributed by atoms with van der Waals surface area (Å²) in [6, 6.07) is 3.59. The molecule has 6 heteroatoms. The maximum atomic E-state index is 12.4. The fraction of sp³-hybridized carbons (Fsp3) is 0.500. The van der Waals surface area contributed by atoms with Gasteiger partial charge in [-0.3, -0.25) is 4.79 Å². The van der Waals surface area contributed by atoms with Crippen LogP contribution in [-0.2, 0) is 0 Å². The topological polar surface area (TPSA) is 44.4 Å². The highest BCUT2D eigenvalue weighted by Gasteiger charge is 2.41. The van der Waals surface area contributed by atoms with Gasteiger partial charge in [-0.25, -0.2) is 0 Å². The number of nitrogens with zero attached hydrogens (tertiary/aromatic N) is 1. The molecular weight excluding hydrogens is 297 g/mol. The molecule has 1 amide bonds. The number of carbonyl (C=O) groups excluding carboxylic acids is 1. The minimum absolute atomic E-state index is 0.163. The molecule has 2 rings (SSSR count). The standard InChI is InChI=1S/C14H19Cl2N3O/c1-4-14(7-8-17-2)18-13(20)11-10(19(14)3)6-5-9(15)12(11)16/h5-6,17H,4,7-8H2,1-3H3,(H,18,20)/t14-/m1/s1. The molecule has 0 bridgehead atoms. The van der Waals surface area contributed by atoms with Crippen LogP contribution in [0.25, 0.3) is 0 Å². The number of halogens is 2. The van der Waals surface area contributed by atoms with Crippen molar-refractivity contribution in [2.24, 2.45) is 0 Å². The average Bonchev–Trinajstić information content (AvgIpc) is 2.44. The third-order valence-electron chi connectivity index (χ3n) is 4.02. The molecule has 1 heterocycles. The molecule has 110 valence electrons.